The van der Waals surface area contributed by atoms with Crippen molar-refractivity contribution in [3.05, 3.63) is 23.8 Å². The molecule has 1 fully saturated rings. The maximum atomic E-state index is 12.5. The first-order valence-corrected chi connectivity index (χ1v) is 9.81. The number of esters is 1. The normalized spacial score (nSPS) is 17.4. The second-order valence-electron chi connectivity index (χ2n) is 8.38. The van der Waals surface area contributed by atoms with Crippen molar-refractivity contribution in [2.45, 2.75) is 39.2 Å². The molecule has 2 aliphatic heterocycles. The molecule has 0 radical (unpaired) electrons. The Hall–Kier alpha value is -2.77. The molecule has 0 atom stereocenters. The van der Waals surface area contributed by atoms with Crippen LogP contribution in [0, 0.1) is 5.92 Å². The average Bonchev–Trinajstić information content (AvgIpc) is 2.68. The van der Waals surface area contributed by atoms with Gasteiger partial charge in [-0.25, -0.2) is 9.59 Å². The van der Waals surface area contributed by atoms with Gasteiger partial charge in [0.05, 0.1) is 18.4 Å². The van der Waals surface area contributed by atoms with Crippen molar-refractivity contribution in [3.63, 3.8) is 0 Å². The summed E-state index contributed by atoms with van der Waals surface area (Å²) in [6.45, 7) is 7.22. The number of amides is 2. The molecule has 3 rings (SSSR count). The lowest BCUT2D eigenvalue weighted by Gasteiger charge is -2.37. The van der Waals surface area contributed by atoms with Gasteiger partial charge in [0.25, 0.3) is 5.91 Å². The van der Waals surface area contributed by atoms with Gasteiger partial charge in [-0.05, 0) is 57.7 Å². The van der Waals surface area contributed by atoms with Crippen molar-refractivity contribution in [1.29, 1.82) is 0 Å². The highest BCUT2D eigenvalue weighted by atomic mass is 16.6. The molecule has 0 N–H and O–H groups in total. The number of hydrogen-bond donors (Lipinski definition) is 0. The van der Waals surface area contributed by atoms with E-state index in [-0.39, 0.29) is 24.5 Å². The Morgan fingerprint density at radius 3 is 2.52 bits per heavy atom. The fourth-order valence-corrected chi connectivity index (χ4v) is 3.53. The van der Waals surface area contributed by atoms with Gasteiger partial charge < -0.3 is 24.0 Å². The van der Waals surface area contributed by atoms with E-state index >= 15 is 0 Å². The number of benzene rings is 1. The fraction of sp³-hybridized carbons (Fsp3) is 0.571. The summed E-state index contributed by atoms with van der Waals surface area (Å²) in [6, 6.07) is 4.94. The van der Waals surface area contributed by atoms with Crippen LogP contribution in [-0.2, 0) is 14.3 Å². The Labute approximate surface area is 170 Å². The van der Waals surface area contributed by atoms with Crippen LogP contribution in [0.1, 0.15) is 44.0 Å². The van der Waals surface area contributed by atoms with Crippen LogP contribution >= 0.6 is 0 Å². The topological polar surface area (TPSA) is 85.4 Å². The summed E-state index contributed by atoms with van der Waals surface area (Å²) in [5.74, 6) is 0.208. The molecule has 2 heterocycles. The molecule has 1 saturated heterocycles. The smallest absolute Gasteiger partial charge is 0.410 e. The Balaban J connectivity index is 1.66. The zero-order valence-corrected chi connectivity index (χ0v) is 17.4. The van der Waals surface area contributed by atoms with Crippen molar-refractivity contribution in [3.8, 4) is 5.75 Å². The molecular formula is C21H28N2O6. The number of hydrogen-bond acceptors (Lipinski definition) is 6. The maximum Gasteiger partial charge on any atom is 0.410 e. The van der Waals surface area contributed by atoms with Crippen molar-refractivity contribution in [2.75, 3.05) is 38.3 Å². The first-order valence-electron chi connectivity index (χ1n) is 9.81. The van der Waals surface area contributed by atoms with Crippen LogP contribution in [0.5, 0.6) is 5.75 Å². The van der Waals surface area contributed by atoms with Crippen LogP contribution < -0.4 is 9.64 Å². The van der Waals surface area contributed by atoms with Crippen molar-refractivity contribution < 1.29 is 28.6 Å². The van der Waals surface area contributed by atoms with E-state index in [4.69, 9.17) is 14.2 Å². The Bertz CT molecular complexity index is 793. The Morgan fingerprint density at radius 1 is 1.21 bits per heavy atom. The number of piperidine rings is 1. The van der Waals surface area contributed by atoms with Crippen LogP contribution in [0.3, 0.4) is 0 Å². The van der Waals surface area contributed by atoms with Gasteiger partial charge in [-0.2, -0.15) is 0 Å². The standard InChI is InChI=1S/C21H28N2O6/c1-21(2,3)29-20(26)22-9-7-14(8-10-22)12-23-16-11-15(19(25)27-4)5-6-17(16)28-13-18(23)24/h5-6,11,14H,7-10,12-13H2,1-4H3. The van der Waals surface area contributed by atoms with Crippen LogP contribution in [0.25, 0.3) is 0 Å². The first-order chi connectivity index (χ1) is 13.7. The minimum absolute atomic E-state index is 0.0265. The van der Waals surface area contributed by atoms with E-state index < -0.39 is 11.6 Å². The number of rotatable bonds is 3. The first kappa shape index (κ1) is 21.0. The molecule has 158 valence electrons. The summed E-state index contributed by atoms with van der Waals surface area (Å²) >= 11 is 0. The molecule has 1 aromatic carbocycles. The third kappa shape index (κ3) is 4.99. The zero-order valence-electron chi connectivity index (χ0n) is 17.4. The Morgan fingerprint density at radius 2 is 1.90 bits per heavy atom. The second-order valence-corrected chi connectivity index (χ2v) is 8.38. The quantitative estimate of drug-likeness (QED) is 0.720. The third-order valence-corrected chi connectivity index (χ3v) is 5.03. The van der Waals surface area contributed by atoms with Crippen LogP contribution in [0.4, 0.5) is 10.5 Å². The van der Waals surface area contributed by atoms with Crippen LogP contribution in [0.15, 0.2) is 18.2 Å². The van der Waals surface area contributed by atoms with E-state index in [1.807, 2.05) is 20.8 Å². The van der Waals surface area contributed by atoms with Gasteiger partial charge in [0.2, 0.25) is 0 Å². The van der Waals surface area contributed by atoms with E-state index in [0.717, 1.165) is 12.8 Å². The predicted octanol–water partition coefficient (Wildman–Crippen LogP) is 2.85. The van der Waals surface area contributed by atoms with Gasteiger partial charge in [-0.3, -0.25) is 4.79 Å². The predicted molar refractivity (Wildman–Crippen MR) is 106 cm³/mol. The highest BCUT2D eigenvalue weighted by Gasteiger charge is 2.32. The van der Waals surface area contributed by atoms with Crippen molar-refractivity contribution >= 4 is 23.7 Å². The summed E-state index contributed by atoms with van der Waals surface area (Å²) in [7, 11) is 1.32. The zero-order chi connectivity index (χ0) is 21.2. The van der Waals surface area contributed by atoms with E-state index in [9.17, 15) is 14.4 Å². The molecule has 29 heavy (non-hydrogen) atoms. The number of ether oxygens (including phenoxy) is 3. The molecule has 0 spiro atoms. The number of carbonyl (C=O) groups excluding carboxylic acids is 3. The Kier molecular flexibility index (Phi) is 6.00. The summed E-state index contributed by atoms with van der Waals surface area (Å²) < 4.78 is 15.7. The number of anilines is 1. The lowest BCUT2D eigenvalue weighted by Crippen LogP contribution is -2.46. The molecule has 2 amide bonds. The third-order valence-electron chi connectivity index (χ3n) is 5.03. The van der Waals surface area contributed by atoms with Gasteiger partial charge in [-0.1, -0.05) is 0 Å². The molecule has 8 heteroatoms. The van der Waals surface area contributed by atoms with Crippen molar-refractivity contribution in [2.24, 2.45) is 5.92 Å². The molecule has 0 bridgehead atoms. The molecule has 0 saturated carbocycles. The van der Waals surface area contributed by atoms with Gasteiger partial charge in [0.15, 0.2) is 6.61 Å². The van der Waals surface area contributed by atoms with Gasteiger partial charge in [-0.15, -0.1) is 0 Å². The molecule has 2 aliphatic rings. The van der Waals surface area contributed by atoms with Crippen LogP contribution in [-0.4, -0.2) is 61.8 Å². The monoisotopic (exact) mass is 404 g/mol. The van der Waals surface area contributed by atoms with E-state index in [0.29, 0.717) is 36.6 Å². The largest absolute Gasteiger partial charge is 0.482 e. The van der Waals surface area contributed by atoms with Crippen molar-refractivity contribution in [1.82, 2.24) is 4.90 Å². The van der Waals surface area contributed by atoms with Gasteiger partial charge >= 0.3 is 12.1 Å². The average molecular weight is 404 g/mol. The molecule has 0 aromatic heterocycles. The van der Waals surface area contributed by atoms with Gasteiger partial charge in [0, 0.05) is 19.6 Å². The summed E-state index contributed by atoms with van der Waals surface area (Å²) in [4.78, 5) is 40.0. The number of likely N-dealkylation sites (tertiary alicyclic amines) is 1. The summed E-state index contributed by atoms with van der Waals surface area (Å²) in [5.41, 5.74) is 0.433. The lowest BCUT2D eigenvalue weighted by atomic mass is 9.95. The maximum absolute atomic E-state index is 12.5. The number of fused-ring (bicyclic) bond motifs is 1. The molecule has 0 unspecified atom stereocenters. The molecule has 0 aliphatic carbocycles. The van der Waals surface area contributed by atoms with E-state index in [1.54, 1.807) is 28.0 Å². The minimum atomic E-state index is -0.519. The summed E-state index contributed by atoms with van der Waals surface area (Å²) in [6.07, 6.45) is 1.25. The minimum Gasteiger partial charge on any atom is -0.482 e. The van der Waals surface area contributed by atoms with E-state index in [2.05, 4.69) is 0 Å². The van der Waals surface area contributed by atoms with Crippen LogP contribution in [0.2, 0.25) is 0 Å². The second kappa shape index (κ2) is 8.31. The van der Waals surface area contributed by atoms with Gasteiger partial charge in [0.1, 0.15) is 11.4 Å². The molecular weight excluding hydrogens is 376 g/mol. The number of carbonyl (C=O) groups is 3. The molecule has 8 nitrogen and oxygen atoms in total. The highest BCUT2D eigenvalue weighted by molar-refractivity contribution is 6.00. The fourth-order valence-electron chi connectivity index (χ4n) is 3.53. The lowest BCUT2D eigenvalue weighted by molar-refractivity contribution is -0.121. The number of nitrogens with zero attached hydrogens (tertiary/aromatic N) is 2. The summed E-state index contributed by atoms with van der Waals surface area (Å²) in [5, 5.41) is 0. The highest BCUT2D eigenvalue weighted by Crippen LogP contribution is 2.35. The molecule has 1 aromatic rings. The van der Waals surface area contributed by atoms with E-state index in [1.165, 1.54) is 7.11 Å². The number of methoxy groups -OCH3 is 1. The SMILES string of the molecule is COC(=O)c1ccc2c(c1)N(CC1CCN(C(=O)OC(C)(C)C)CC1)C(=O)CO2.